The molecule has 7 heteroatoms. The third-order valence-corrected chi connectivity index (χ3v) is 5.36. The van der Waals surface area contributed by atoms with Crippen molar-refractivity contribution in [2.75, 3.05) is 40.0 Å². The largest absolute Gasteiger partial charge is 0.381 e. The predicted octanol–water partition coefficient (Wildman–Crippen LogP) is 3.51. The summed E-state index contributed by atoms with van der Waals surface area (Å²) in [6, 6.07) is 4.51. The number of benzene rings is 1. The minimum absolute atomic E-state index is 0.232. The van der Waals surface area contributed by atoms with E-state index in [9.17, 15) is 4.39 Å². The van der Waals surface area contributed by atoms with Crippen LogP contribution < -0.4 is 10.6 Å². The van der Waals surface area contributed by atoms with Gasteiger partial charge in [0.15, 0.2) is 5.96 Å². The predicted molar refractivity (Wildman–Crippen MR) is 108 cm³/mol. The molecule has 0 radical (unpaired) electrons. The molecule has 1 fully saturated rings. The normalized spacial score (nSPS) is 17.6. The molecule has 2 N–H and O–H groups in total. The van der Waals surface area contributed by atoms with Gasteiger partial charge in [0, 0.05) is 56.7 Å². The smallest absolute Gasteiger partial charge is 0.191 e. The molecule has 0 unspecified atom stereocenters. The van der Waals surface area contributed by atoms with Gasteiger partial charge in [-0.1, -0.05) is 31.5 Å². The molecule has 1 heterocycles. The Kier molecular flexibility index (Phi) is 7.89. The van der Waals surface area contributed by atoms with Crippen molar-refractivity contribution in [1.29, 1.82) is 0 Å². The Labute approximate surface area is 166 Å². The highest BCUT2D eigenvalue weighted by atomic mass is 35.5. The molecule has 0 bridgehead atoms. The molecule has 2 rings (SSSR count). The molecule has 1 aromatic carbocycles. The number of hydrogen-bond donors (Lipinski definition) is 2. The Hall–Kier alpha value is -1.37. The van der Waals surface area contributed by atoms with Gasteiger partial charge in [-0.25, -0.2) is 4.39 Å². The lowest BCUT2D eigenvalue weighted by molar-refractivity contribution is -0.0855. The van der Waals surface area contributed by atoms with E-state index < -0.39 is 0 Å². The number of aliphatic imine (C=N–C) groups is 1. The zero-order chi connectivity index (χ0) is 19.9. The van der Waals surface area contributed by atoms with E-state index in [1.54, 1.807) is 13.2 Å². The van der Waals surface area contributed by atoms with E-state index in [1.165, 1.54) is 12.1 Å². The topological polar surface area (TPSA) is 54.9 Å². The summed E-state index contributed by atoms with van der Waals surface area (Å²) < 4.78 is 24.6. The lowest BCUT2D eigenvalue weighted by atomic mass is 9.84. The van der Waals surface area contributed by atoms with Crippen molar-refractivity contribution in [1.82, 2.24) is 10.6 Å². The molecule has 1 aliphatic heterocycles. The van der Waals surface area contributed by atoms with E-state index in [1.807, 2.05) is 20.8 Å². The highest BCUT2D eigenvalue weighted by molar-refractivity contribution is 6.31. The quantitative estimate of drug-likeness (QED) is 0.544. The van der Waals surface area contributed by atoms with Gasteiger partial charge in [0.1, 0.15) is 5.82 Å². The summed E-state index contributed by atoms with van der Waals surface area (Å²) in [6.45, 7) is 9.47. The Morgan fingerprint density at radius 1 is 1.33 bits per heavy atom. The Morgan fingerprint density at radius 3 is 2.63 bits per heavy atom. The van der Waals surface area contributed by atoms with Crippen LogP contribution in [-0.2, 0) is 14.9 Å². The Balaban J connectivity index is 2.07. The molecular weight excluding hydrogens is 369 g/mol. The maximum atomic E-state index is 13.3. The summed E-state index contributed by atoms with van der Waals surface area (Å²) in [7, 11) is 1.75. The third-order valence-electron chi connectivity index (χ3n) is 5.05. The summed E-state index contributed by atoms with van der Waals surface area (Å²) >= 11 is 6.24. The Morgan fingerprint density at radius 2 is 2.04 bits per heavy atom. The minimum atomic E-state index is -0.334. The molecule has 0 saturated carbocycles. The standard InChI is InChI=1S/C20H31ClFN3O2/c1-5-23-18(25-14-20(26-4)8-10-27-11-9-20)24-13-19(2,3)16-7-6-15(22)12-17(16)21/h6-7,12H,5,8-11,13-14H2,1-4H3,(H2,23,24,25). The Bertz CT molecular complexity index is 646. The second kappa shape index (κ2) is 9.71. The van der Waals surface area contributed by atoms with Crippen LogP contribution in [0, 0.1) is 5.82 Å². The molecule has 0 spiro atoms. The molecule has 0 atom stereocenters. The zero-order valence-corrected chi connectivity index (χ0v) is 17.5. The molecular formula is C20H31ClFN3O2. The van der Waals surface area contributed by atoms with E-state index in [0.29, 0.717) is 31.3 Å². The van der Waals surface area contributed by atoms with Gasteiger partial charge >= 0.3 is 0 Å². The number of nitrogens with one attached hydrogen (secondary N) is 2. The van der Waals surface area contributed by atoms with Gasteiger partial charge in [-0.15, -0.1) is 0 Å². The SMILES string of the molecule is CCNC(=NCC(C)(C)c1ccc(F)cc1Cl)NCC1(OC)CCOCC1. The number of methoxy groups -OCH3 is 1. The number of guanidine groups is 1. The average molecular weight is 400 g/mol. The first-order valence-corrected chi connectivity index (χ1v) is 9.80. The lowest BCUT2D eigenvalue weighted by Crippen LogP contribution is -2.51. The number of halogens is 2. The molecule has 5 nitrogen and oxygen atoms in total. The monoisotopic (exact) mass is 399 g/mol. The fourth-order valence-electron chi connectivity index (χ4n) is 3.18. The van der Waals surface area contributed by atoms with E-state index >= 15 is 0 Å². The van der Waals surface area contributed by atoms with Crippen molar-refractivity contribution in [2.45, 2.75) is 44.6 Å². The lowest BCUT2D eigenvalue weighted by Gasteiger charge is -2.36. The van der Waals surface area contributed by atoms with Crippen molar-refractivity contribution >= 4 is 17.6 Å². The second-order valence-electron chi connectivity index (χ2n) is 7.56. The third kappa shape index (κ3) is 6.06. The van der Waals surface area contributed by atoms with E-state index in [2.05, 4.69) is 10.6 Å². The van der Waals surface area contributed by atoms with Crippen molar-refractivity contribution in [2.24, 2.45) is 4.99 Å². The number of rotatable bonds is 7. The van der Waals surface area contributed by atoms with Gasteiger partial charge in [-0.3, -0.25) is 4.99 Å². The van der Waals surface area contributed by atoms with Crippen LogP contribution >= 0.6 is 11.6 Å². The fourth-order valence-corrected chi connectivity index (χ4v) is 3.61. The van der Waals surface area contributed by atoms with Crippen LogP contribution in [0.1, 0.15) is 39.2 Å². The van der Waals surface area contributed by atoms with Crippen LogP contribution in [0.25, 0.3) is 0 Å². The van der Waals surface area contributed by atoms with E-state index in [-0.39, 0.29) is 16.8 Å². The molecule has 1 aromatic rings. The van der Waals surface area contributed by atoms with Crippen LogP contribution in [0.5, 0.6) is 0 Å². The number of nitrogens with zero attached hydrogens (tertiary/aromatic N) is 1. The summed E-state index contributed by atoms with van der Waals surface area (Å²) in [5.41, 5.74) is 0.317. The number of hydrogen-bond acceptors (Lipinski definition) is 3. The highest BCUT2D eigenvalue weighted by Gasteiger charge is 2.32. The van der Waals surface area contributed by atoms with Crippen LogP contribution in [0.3, 0.4) is 0 Å². The van der Waals surface area contributed by atoms with E-state index in [0.717, 1.165) is 30.9 Å². The molecule has 27 heavy (non-hydrogen) atoms. The molecule has 1 aliphatic rings. The van der Waals surface area contributed by atoms with Gasteiger partial charge in [0.2, 0.25) is 0 Å². The second-order valence-corrected chi connectivity index (χ2v) is 7.96. The van der Waals surface area contributed by atoms with Gasteiger partial charge in [0.25, 0.3) is 0 Å². The van der Waals surface area contributed by atoms with Gasteiger partial charge in [0.05, 0.1) is 12.1 Å². The molecule has 152 valence electrons. The van der Waals surface area contributed by atoms with Gasteiger partial charge < -0.3 is 20.1 Å². The van der Waals surface area contributed by atoms with Crippen LogP contribution in [-0.4, -0.2) is 51.5 Å². The van der Waals surface area contributed by atoms with E-state index in [4.69, 9.17) is 26.1 Å². The van der Waals surface area contributed by atoms with Crippen molar-refractivity contribution in [3.63, 3.8) is 0 Å². The maximum absolute atomic E-state index is 13.3. The first kappa shape index (κ1) is 21.9. The molecule has 1 saturated heterocycles. The minimum Gasteiger partial charge on any atom is -0.381 e. The van der Waals surface area contributed by atoms with Crippen molar-refractivity contribution in [3.05, 3.63) is 34.6 Å². The fraction of sp³-hybridized carbons (Fsp3) is 0.650. The first-order chi connectivity index (χ1) is 12.8. The molecule has 0 aromatic heterocycles. The van der Waals surface area contributed by atoms with Crippen LogP contribution in [0.15, 0.2) is 23.2 Å². The van der Waals surface area contributed by atoms with Gasteiger partial charge in [-0.05, 0) is 24.6 Å². The summed E-state index contributed by atoms with van der Waals surface area (Å²) in [5, 5.41) is 7.09. The zero-order valence-electron chi connectivity index (χ0n) is 16.7. The summed E-state index contributed by atoms with van der Waals surface area (Å²) in [4.78, 5) is 4.73. The van der Waals surface area contributed by atoms with Gasteiger partial charge in [-0.2, -0.15) is 0 Å². The average Bonchev–Trinajstić information content (AvgIpc) is 2.64. The van der Waals surface area contributed by atoms with Crippen molar-refractivity contribution in [3.8, 4) is 0 Å². The summed E-state index contributed by atoms with van der Waals surface area (Å²) in [5.74, 6) is 0.395. The number of ether oxygens (including phenoxy) is 2. The van der Waals surface area contributed by atoms with Crippen LogP contribution in [0.2, 0.25) is 5.02 Å². The van der Waals surface area contributed by atoms with Crippen LogP contribution in [0.4, 0.5) is 4.39 Å². The van der Waals surface area contributed by atoms with Crippen molar-refractivity contribution < 1.29 is 13.9 Å². The highest BCUT2D eigenvalue weighted by Crippen LogP contribution is 2.30. The molecule has 0 amide bonds. The summed E-state index contributed by atoms with van der Waals surface area (Å²) in [6.07, 6.45) is 1.71. The maximum Gasteiger partial charge on any atom is 0.191 e. The molecule has 0 aliphatic carbocycles. The first-order valence-electron chi connectivity index (χ1n) is 9.42.